The van der Waals surface area contributed by atoms with Crippen molar-refractivity contribution >= 4 is 0 Å². The van der Waals surface area contributed by atoms with Crippen molar-refractivity contribution in [2.45, 2.75) is 12.2 Å². The summed E-state index contributed by atoms with van der Waals surface area (Å²) in [7, 11) is 0. The van der Waals surface area contributed by atoms with Crippen LogP contribution in [0.4, 0.5) is 13.2 Å². The van der Waals surface area contributed by atoms with Gasteiger partial charge in [0, 0.05) is 0 Å². The number of aromatic hydroxyl groups is 1. The second-order valence-corrected chi connectivity index (χ2v) is 2.91. The van der Waals surface area contributed by atoms with Crippen LogP contribution in [0.2, 0.25) is 0 Å². The first-order valence-corrected chi connectivity index (χ1v) is 3.91. The van der Waals surface area contributed by atoms with Gasteiger partial charge in [-0.15, -0.1) is 0 Å². The molecule has 0 aromatic heterocycles. The predicted molar refractivity (Wildman–Crippen MR) is 45.8 cm³/mol. The number of rotatable bonds is 1. The highest BCUT2D eigenvalue weighted by atomic mass is 19.4. The molecule has 0 amide bonds. The third-order valence-corrected chi connectivity index (χ3v) is 1.85. The van der Waals surface area contributed by atoms with E-state index in [0.29, 0.717) is 0 Å². The minimum absolute atomic E-state index is 0.229. The summed E-state index contributed by atoms with van der Waals surface area (Å²) in [6, 6.07) is 2.39. The van der Waals surface area contributed by atoms with Crippen LogP contribution in [0.15, 0.2) is 18.2 Å². The molecule has 80 valence electrons. The number of hydrogen-bond acceptors (Lipinski definition) is 3. The van der Waals surface area contributed by atoms with Gasteiger partial charge in [-0.3, -0.25) is 0 Å². The predicted octanol–water partition coefficient (Wildman–Crippen LogP) is 1.83. The van der Waals surface area contributed by atoms with Gasteiger partial charge in [0.25, 0.3) is 0 Å². The molecule has 0 aliphatic carbocycles. The number of alkyl halides is 3. The zero-order valence-corrected chi connectivity index (χ0v) is 7.42. The number of halogens is 3. The summed E-state index contributed by atoms with van der Waals surface area (Å²) in [6.07, 6.45) is -4.57. The first-order chi connectivity index (χ1) is 6.86. The molecule has 0 fully saturated rings. The fourth-order valence-corrected chi connectivity index (χ4v) is 1.03. The Morgan fingerprint density at radius 3 is 2.47 bits per heavy atom. The first-order valence-electron chi connectivity index (χ1n) is 3.91. The van der Waals surface area contributed by atoms with E-state index in [2.05, 4.69) is 0 Å². The third kappa shape index (κ3) is 2.39. The van der Waals surface area contributed by atoms with Crippen molar-refractivity contribution < 1.29 is 18.3 Å². The van der Waals surface area contributed by atoms with Crippen molar-refractivity contribution in [2.24, 2.45) is 5.73 Å². The van der Waals surface area contributed by atoms with Gasteiger partial charge < -0.3 is 10.8 Å². The summed E-state index contributed by atoms with van der Waals surface area (Å²) in [6.45, 7) is 0. The van der Waals surface area contributed by atoms with Crippen LogP contribution < -0.4 is 5.73 Å². The van der Waals surface area contributed by atoms with Crippen molar-refractivity contribution in [3.8, 4) is 11.8 Å². The number of nitrogens with two attached hydrogens (primary N) is 1. The van der Waals surface area contributed by atoms with Gasteiger partial charge in [-0.1, -0.05) is 6.07 Å². The highest BCUT2D eigenvalue weighted by molar-refractivity contribution is 5.45. The quantitative estimate of drug-likeness (QED) is 0.752. The van der Waals surface area contributed by atoms with E-state index in [4.69, 9.17) is 16.1 Å². The number of phenolic OH excluding ortho intramolecular Hbond substituents is 1. The molecule has 0 aliphatic rings. The Labute approximate surface area is 83.5 Å². The zero-order chi connectivity index (χ0) is 11.6. The summed E-state index contributed by atoms with van der Waals surface area (Å²) >= 11 is 0. The Bertz CT molecular complexity index is 409. The lowest BCUT2D eigenvalue weighted by Gasteiger charge is -2.16. The minimum Gasteiger partial charge on any atom is -0.507 e. The molecular formula is C9H7F3N2O. The average molecular weight is 216 g/mol. The summed E-state index contributed by atoms with van der Waals surface area (Å²) in [5.41, 5.74) is 4.45. The molecule has 0 bridgehead atoms. The van der Waals surface area contributed by atoms with E-state index in [1.54, 1.807) is 6.07 Å². The Balaban J connectivity index is 3.13. The minimum atomic E-state index is -4.57. The molecule has 1 rings (SSSR count). The van der Waals surface area contributed by atoms with Crippen LogP contribution in [-0.2, 0) is 0 Å². The van der Waals surface area contributed by atoms with Crippen molar-refractivity contribution in [3.05, 3.63) is 29.3 Å². The molecule has 0 spiro atoms. The van der Waals surface area contributed by atoms with Crippen molar-refractivity contribution in [1.29, 1.82) is 5.26 Å². The SMILES string of the molecule is N#Cc1cc([C@@H](N)C(F)(F)F)ccc1O. The maximum Gasteiger partial charge on any atom is 0.407 e. The van der Waals surface area contributed by atoms with Gasteiger partial charge in [-0.05, 0) is 17.7 Å². The van der Waals surface area contributed by atoms with Crippen molar-refractivity contribution in [3.63, 3.8) is 0 Å². The second-order valence-electron chi connectivity index (χ2n) is 2.91. The highest BCUT2D eigenvalue weighted by Gasteiger charge is 2.37. The molecule has 3 N–H and O–H groups in total. The molecule has 1 atom stereocenters. The average Bonchev–Trinajstić information content (AvgIpc) is 2.16. The fraction of sp³-hybridized carbons (Fsp3) is 0.222. The van der Waals surface area contributed by atoms with E-state index >= 15 is 0 Å². The molecule has 0 saturated heterocycles. The Hall–Kier alpha value is -1.74. The van der Waals surface area contributed by atoms with E-state index in [1.807, 2.05) is 0 Å². The van der Waals surface area contributed by atoms with E-state index in [-0.39, 0.29) is 16.9 Å². The zero-order valence-electron chi connectivity index (χ0n) is 7.42. The molecular weight excluding hydrogens is 209 g/mol. The maximum absolute atomic E-state index is 12.2. The van der Waals surface area contributed by atoms with Crippen LogP contribution in [0.25, 0.3) is 0 Å². The third-order valence-electron chi connectivity index (χ3n) is 1.85. The fourth-order valence-electron chi connectivity index (χ4n) is 1.03. The van der Waals surface area contributed by atoms with E-state index in [1.165, 1.54) is 0 Å². The number of phenols is 1. The summed E-state index contributed by atoms with van der Waals surface area (Å²) in [4.78, 5) is 0. The van der Waals surface area contributed by atoms with E-state index < -0.39 is 12.2 Å². The lowest BCUT2D eigenvalue weighted by atomic mass is 10.0. The number of hydrogen-bond donors (Lipinski definition) is 2. The van der Waals surface area contributed by atoms with Crippen LogP contribution in [0.5, 0.6) is 5.75 Å². The molecule has 15 heavy (non-hydrogen) atoms. The molecule has 3 nitrogen and oxygen atoms in total. The molecule has 1 aromatic rings. The summed E-state index contributed by atoms with van der Waals surface area (Å²) < 4.78 is 36.6. The van der Waals surface area contributed by atoms with Crippen LogP contribution in [0, 0.1) is 11.3 Å². The van der Waals surface area contributed by atoms with Gasteiger partial charge in [-0.2, -0.15) is 18.4 Å². The molecule has 0 saturated carbocycles. The second kappa shape index (κ2) is 3.79. The molecule has 6 heteroatoms. The molecule has 0 aliphatic heterocycles. The number of benzene rings is 1. The summed E-state index contributed by atoms with van der Waals surface area (Å²) in [5.74, 6) is -0.365. The van der Waals surface area contributed by atoms with Gasteiger partial charge in [0.15, 0.2) is 0 Å². The van der Waals surface area contributed by atoms with Crippen molar-refractivity contribution in [2.75, 3.05) is 0 Å². The Kier molecular flexibility index (Phi) is 2.86. The smallest absolute Gasteiger partial charge is 0.407 e. The standard InChI is InChI=1S/C9H7F3N2O/c10-9(11,12)8(14)5-1-2-7(15)6(3-5)4-13/h1-3,8,15H,14H2/t8-/m1/s1. The highest BCUT2D eigenvalue weighted by Crippen LogP contribution is 2.32. The molecule has 0 heterocycles. The first kappa shape index (κ1) is 11.3. The van der Waals surface area contributed by atoms with Crippen LogP contribution in [-0.4, -0.2) is 11.3 Å². The van der Waals surface area contributed by atoms with Gasteiger partial charge >= 0.3 is 6.18 Å². The molecule has 0 radical (unpaired) electrons. The van der Waals surface area contributed by atoms with E-state index in [0.717, 1.165) is 18.2 Å². The van der Waals surface area contributed by atoms with Gasteiger partial charge in [0.1, 0.15) is 17.9 Å². The lowest BCUT2D eigenvalue weighted by Crippen LogP contribution is -2.28. The van der Waals surface area contributed by atoms with Gasteiger partial charge in [0.2, 0.25) is 0 Å². The topological polar surface area (TPSA) is 70.0 Å². The van der Waals surface area contributed by atoms with Gasteiger partial charge in [0.05, 0.1) is 5.56 Å². The molecule has 1 aromatic carbocycles. The summed E-state index contributed by atoms with van der Waals surface area (Å²) in [5, 5.41) is 17.6. The van der Waals surface area contributed by atoms with Gasteiger partial charge in [-0.25, -0.2) is 0 Å². The van der Waals surface area contributed by atoms with Crippen molar-refractivity contribution in [1.82, 2.24) is 0 Å². The van der Waals surface area contributed by atoms with Crippen LogP contribution >= 0.6 is 0 Å². The van der Waals surface area contributed by atoms with Crippen LogP contribution in [0.1, 0.15) is 17.2 Å². The monoisotopic (exact) mass is 216 g/mol. The molecule has 0 unspecified atom stereocenters. The van der Waals surface area contributed by atoms with E-state index in [9.17, 15) is 13.2 Å². The normalized spacial score (nSPS) is 13.3. The number of nitriles is 1. The lowest BCUT2D eigenvalue weighted by molar-refractivity contribution is -0.149. The Morgan fingerprint density at radius 2 is 2.00 bits per heavy atom. The maximum atomic E-state index is 12.2. The Morgan fingerprint density at radius 1 is 1.40 bits per heavy atom. The largest absolute Gasteiger partial charge is 0.507 e. The number of nitrogens with zero attached hydrogens (tertiary/aromatic N) is 1. The van der Waals surface area contributed by atoms with Crippen LogP contribution in [0.3, 0.4) is 0 Å².